The van der Waals surface area contributed by atoms with E-state index in [4.69, 9.17) is 8.83 Å². The average Bonchev–Trinajstić information content (AvgIpc) is 4.04. The summed E-state index contributed by atoms with van der Waals surface area (Å²) in [6, 6.07) is 82.0. The minimum atomic E-state index is 0.193. The highest BCUT2D eigenvalue weighted by Gasteiger charge is 2.30. The summed E-state index contributed by atoms with van der Waals surface area (Å²) in [6.07, 6.45) is 0. The molecule has 0 aliphatic carbocycles. The normalized spacial score (nSPS) is 11.9. The number of furan rings is 2. The Balaban J connectivity index is 1.11. The second kappa shape index (κ2) is 17.7. The van der Waals surface area contributed by atoms with Crippen LogP contribution in [0.2, 0.25) is 0 Å². The first-order valence-electron chi connectivity index (χ1n) is 26.6. The molecule has 4 nitrogen and oxygen atoms in total. The molecule has 364 valence electrons. The van der Waals surface area contributed by atoms with E-state index in [1.807, 2.05) is 0 Å². The van der Waals surface area contributed by atoms with Crippen LogP contribution in [0.4, 0.5) is 34.1 Å². The van der Waals surface area contributed by atoms with Gasteiger partial charge in [0.25, 0.3) is 0 Å². The van der Waals surface area contributed by atoms with Crippen molar-refractivity contribution in [1.82, 2.24) is 0 Å². The number of aryl methyl sites for hydroxylation is 1. The zero-order valence-corrected chi connectivity index (χ0v) is 43.5. The Morgan fingerprint density at radius 3 is 1.36 bits per heavy atom. The molecule has 2 heterocycles. The molecular formula is C72H54N2O2. The zero-order chi connectivity index (χ0) is 51.3. The van der Waals surface area contributed by atoms with Gasteiger partial charge >= 0.3 is 0 Å². The summed E-state index contributed by atoms with van der Waals surface area (Å²) in [7, 11) is 0. The van der Waals surface area contributed by atoms with Crippen LogP contribution in [0.5, 0.6) is 0 Å². The van der Waals surface area contributed by atoms with E-state index in [1.165, 1.54) is 38.2 Å². The molecule has 12 aromatic carbocycles. The van der Waals surface area contributed by atoms with Gasteiger partial charge < -0.3 is 18.6 Å². The van der Waals surface area contributed by atoms with Gasteiger partial charge in [-0.25, -0.2) is 0 Å². The molecule has 2 aromatic heterocycles. The van der Waals surface area contributed by atoms with Crippen molar-refractivity contribution in [1.29, 1.82) is 0 Å². The first kappa shape index (κ1) is 45.3. The van der Waals surface area contributed by atoms with Crippen molar-refractivity contribution >= 4 is 110 Å². The van der Waals surface area contributed by atoms with Gasteiger partial charge in [-0.15, -0.1) is 0 Å². The zero-order valence-electron chi connectivity index (χ0n) is 43.5. The molecule has 0 bridgehead atoms. The molecule has 0 radical (unpaired) electrons. The molecule has 14 aromatic rings. The second-order valence-electron chi connectivity index (χ2n) is 21.1. The number of para-hydroxylation sites is 4. The van der Waals surface area contributed by atoms with Crippen molar-refractivity contribution in [2.24, 2.45) is 0 Å². The van der Waals surface area contributed by atoms with Gasteiger partial charge in [-0.1, -0.05) is 198 Å². The maximum Gasteiger partial charge on any atom is 0.159 e. The number of nitrogens with zero attached hydrogens (tertiary/aromatic N) is 2. The van der Waals surface area contributed by atoms with Gasteiger partial charge in [0.15, 0.2) is 11.2 Å². The van der Waals surface area contributed by atoms with E-state index in [2.05, 4.69) is 270 Å². The van der Waals surface area contributed by atoms with Gasteiger partial charge in [0.05, 0.1) is 28.4 Å². The third-order valence-corrected chi connectivity index (χ3v) is 15.8. The molecule has 76 heavy (non-hydrogen) atoms. The minimum absolute atomic E-state index is 0.193. The maximum atomic E-state index is 6.97. The van der Waals surface area contributed by atoms with E-state index in [0.29, 0.717) is 0 Å². The molecule has 0 N–H and O–H groups in total. The molecule has 0 amide bonds. The van der Waals surface area contributed by atoms with Crippen molar-refractivity contribution in [3.8, 4) is 22.3 Å². The highest BCUT2D eigenvalue weighted by Crippen LogP contribution is 2.54. The molecule has 0 aliphatic heterocycles. The Kier molecular flexibility index (Phi) is 10.5. The Morgan fingerprint density at radius 2 is 0.816 bits per heavy atom. The standard InChI is InChI=1S/C72H54N2O2/c1-43(2)59-41-65(73(63-39-49(33-31-45(63)5)47-19-9-7-10-20-47)61-27-17-25-55-51-23-13-15-29-67(51)75-71(55)61)57-38-36-54-60(44(3)4)42-66(58-37-35-53(59)69(57)70(54)58)74(64-40-50(34-32-46(64)6)48-21-11-8-12-22-48)62-28-18-26-56-52-24-14-16-30-68(52)76-72(56)62/h7-31,33,35-44H,1-6H3. The topological polar surface area (TPSA) is 32.8 Å². The van der Waals surface area contributed by atoms with Crippen molar-refractivity contribution < 1.29 is 8.83 Å². The van der Waals surface area contributed by atoms with E-state index in [1.54, 1.807) is 0 Å². The van der Waals surface area contributed by atoms with E-state index >= 15 is 0 Å². The van der Waals surface area contributed by atoms with Crippen LogP contribution in [0.25, 0.3) is 98.4 Å². The monoisotopic (exact) mass is 978 g/mol. The lowest BCUT2D eigenvalue weighted by Gasteiger charge is -2.32. The van der Waals surface area contributed by atoms with Crippen LogP contribution in [0, 0.1) is 26.0 Å². The number of hydrogen-bond acceptors (Lipinski definition) is 4. The number of fused-ring (bicyclic) bond motifs is 6. The van der Waals surface area contributed by atoms with E-state index in [0.717, 1.165) is 117 Å². The van der Waals surface area contributed by atoms with Gasteiger partial charge in [-0.05, 0) is 129 Å². The van der Waals surface area contributed by atoms with Gasteiger partial charge in [0.2, 0.25) is 0 Å². The molecule has 0 atom stereocenters. The first-order chi connectivity index (χ1) is 37.2. The summed E-state index contributed by atoms with van der Waals surface area (Å²) in [6.45, 7) is 13.7. The van der Waals surface area contributed by atoms with Crippen LogP contribution in [0.15, 0.2) is 215 Å². The third kappa shape index (κ3) is 7.07. The molecule has 0 aliphatic rings. The Morgan fingerprint density at radius 1 is 0.342 bits per heavy atom. The van der Waals surface area contributed by atoms with Gasteiger partial charge in [-0.2, -0.15) is 0 Å². The Hall–Kier alpha value is -9.30. The van der Waals surface area contributed by atoms with Crippen LogP contribution in [0.1, 0.15) is 61.8 Å². The Labute approximate surface area is 443 Å². The van der Waals surface area contributed by atoms with Crippen LogP contribution in [0.3, 0.4) is 0 Å². The predicted octanol–water partition coefficient (Wildman–Crippen LogP) is 21.1. The van der Waals surface area contributed by atoms with E-state index < -0.39 is 0 Å². The Bertz CT molecular complexity index is 4270. The largest absolute Gasteiger partial charge is 0.454 e. The maximum absolute atomic E-state index is 6.97. The summed E-state index contributed by atoms with van der Waals surface area (Å²) < 4.78 is 13.9. The number of benzene rings is 11. The number of anilines is 6. The molecule has 0 fully saturated rings. The fourth-order valence-corrected chi connectivity index (χ4v) is 12.1. The summed E-state index contributed by atoms with van der Waals surface area (Å²) in [5.41, 5.74) is 18.7. The van der Waals surface area contributed by atoms with Gasteiger partial charge in [0, 0.05) is 49.1 Å². The van der Waals surface area contributed by atoms with Gasteiger partial charge in [0.1, 0.15) is 11.2 Å². The highest BCUT2D eigenvalue weighted by atomic mass is 16.3. The lowest BCUT2D eigenvalue weighted by atomic mass is 9.84. The SMILES string of the molecule is Cc1c#cc(-c2ccccc2)cc1N(c1cc(C(C)C)c2ccc3c(N(c4cc(-c5ccccc5)ccc4C)c4cccc5c4oc4ccccc45)cc(C(C)C)c4ccc1c2c43)c1cccc2c1oc1ccccc12. The smallest absolute Gasteiger partial charge is 0.159 e. The number of rotatable bonds is 10. The molecule has 14 rings (SSSR count). The van der Waals surface area contributed by atoms with Crippen molar-refractivity contribution in [3.63, 3.8) is 0 Å². The molecule has 0 spiro atoms. The average molecular weight is 979 g/mol. The number of hydrogen-bond donors (Lipinski definition) is 0. The van der Waals surface area contributed by atoms with Crippen molar-refractivity contribution in [2.45, 2.75) is 53.4 Å². The van der Waals surface area contributed by atoms with Crippen LogP contribution < -0.4 is 9.80 Å². The molecule has 0 unspecified atom stereocenters. The highest BCUT2D eigenvalue weighted by molar-refractivity contribution is 6.30. The molecule has 0 saturated carbocycles. The molecular weight excluding hydrogens is 925 g/mol. The van der Waals surface area contributed by atoms with Crippen LogP contribution in [-0.4, -0.2) is 0 Å². The third-order valence-electron chi connectivity index (χ3n) is 15.8. The summed E-state index contributed by atoms with van der Waals surface area (Å²) >= 11 is 0. The van der Waals surface area contributed by atoms with Crippen molar-refractivity contribution in [2.75, 3.05) is 9.80 Å². The van der Waals surface area contributed by atoms with Crippen LogP contribution in [-0.2, 0) is 0 Å². The molecule has 0 saturated heterocycles. The van der Waals surface area contributed by atoms with Crippen LogP contribution >= 0.6 is 0 Å². The molecule has 4 heteroatoms. The minimum Gasteiger partial charge on any atom is -0.454 e. The van der Waals surface area contributed by atoms with E-state index in [9.17, 15) is 0 Å². The summed E-state index contributed by atoms with van der Waals surface area (Å²) in [5.74, 6) is 0.392. The first-order valence-corrected chi connectivity index (χ1v) is 26.6. The quantitative estimate of drug-likeness (QED) is 0.128. The summed E-state index contributed by atoms with van der Waals surface area (Å²) in [4.78, 5) is 4.94. The lowest BCUT2D eigenvalue weighted by Crippen LogP contribution is -2.14. The lowest BCUT2D eigenvalue weighted by molar-refractivity contribution is 0.668. The fraction of sp³-hybridized carbons (Fsp3) is 0.111. The fourth-order valence-electron chi connectivity index (χ4n) is 12.1. The van der Waals surface area contributed by atoms with Crippen molar-refractivity contribution in [3.05, 3.63) is 241 Å². The predicted molar refractivity (Wildman–Crippen MR) is 320 cm³/mol. The summed E-state index contributed by atoms with van der Waals surface area (Å²) in [5, 5.41) is 11.7. The van der Waals surface area contributed by atoms with Gasteiger partial charge in [-0.3, -0.25) is 0 Å². The van der Waals surface area contributed by atoms with E-state index in [-0.39, 0.29) is 11.8 Å². The second-order valence-corrected chi connectivity index (χ2v) is 21.1.